The van der Waals surface area contributed by atoms with Crippen LogP contribution in [0.25, 0.3) is 0 Å². The summed E-state index contributed by atoms with van der Waals surface area (Å²) in [5.74, 6) is 0.763. The van der Waals surface area contributed by atoms with E-state index in [2.05, 4.69) is 25.7 Å². The van der Waals surface area contributed by atoms with Crippen LogP contribution in [0.1, 0.15) is 46.5 Å². The van der Waals surface area contributed by atoms with Gasteiger partial charge in [0.25, 0.3) is 0 Å². The second kappa shape index (κ2) is 5.86. The van der Waals surface area contributed by atoms with Crippen LogP contribution < -0.4 is 5.73 Å². The summed E-state index contributed by atoms with van der Waals surface area (Å²) < 4.78 is 0. The third-order valence-corrected chi connectivity index (χ3v) is 4.25. The van der Waals surface area contributed by atoms with Crippen molar-refractivity contribution in [2.24, 2.45) is 17.1 Å². The topological polar surface area (TPSA) is 29.3 Å². The van der Waals surface area contributed by atoms with E-state index in [1.165, 1.54) is 45.3 Å². The highest BCUT2D eigenvalue weighted by Gasteiger charge is 2.34. The molecule has 1 rings (SSSR count). The predicted octanol–water partition coefficient (Wildman–Crippen LogP) is 2.48. The van der Waals surface area contributed by atoms with E-state index < -0.39 is 0 Å². The predicted molar refractivity (Wildman–Crippen MR) is 66.9 cm³/mol. The van der Waals surface area contributed by atoms with Crippen LogP contribution in [0.2, 0.25) is 0 Å². The van der Waals surface area contributed by atoms with Crippen LogP contribution in [0.3, 0.4) is 0 Å². The van der Waals surface area contributed by atoms with Crippen LogP contribution in [0.4, 0.5) is 0 Å². The zero-order valence-electron chi connectivity index (χ0n) is 10.8. The molecule has 2 heteroatoms. The van der Waals surface area contributed by atoms with Crippen molar-refractivity contribution in [2.75, 3.05) is 26.2 Å². The van der Waals surface area contributed by atoms with Crippen molar-refractivity contribution in [2.45, 2.75) is 46.5 Å². The van der Waals surface area contributed by atoms with Gasteiger partial charge in [-0.2, -0.15) is 0 Å². The summed E-state index contributed by atoms with van der Waals surface area (Å²) in [6.07, 6.45) is 5.24. The van der Waals surface area contributed by atoms with E-state index in [9.17, 15) is 0 Å². The first-order valence-corrected chi connectivity index (χ1v) is 6.58. The molecule has 0 amide bonds. The summed E-state index contributed by atoms with van der Waals surface area (Å²) in [4.78, 5) is 2.65. The smallest absolute Gasteiger partial charge is 0.00384 e. The molecule has 0 radical (unpaired) electrons. The molecule has 0 saturated carbocycles. The molecule has 1 fully saturated rings. The van der Waals surface area contributed by atoms with Crippen molar-refractivity contribution in [3.05, 3.63) is 0 Å². The van der Waals surface area contributed by atoms with Crippen LogP contribution in [-0.2, 0) is 0 Å². The van der Waals surface area contributed by atoms with Crippen molar-refractivity contribution in [1.29, 1.82) is 0 Å². The van der Waals surface area contributed by atoms with E-state index in [1.807, 2.05) is 0 Å². The molecule has 1 unspecified atom stereocenters. The second-order valence-electron chi connectivity index (χ2n) is 5.37. The molecule has 0 aliphatic carbocycles. The minimum atomic E-state index is 0.627. The van der Waals surface area contributed by atoms with Gasteiger partial charge in [0, 0.05) is 13.1 Å². The molecular weight excluding hydrogens is 184 g/mol. The standard InChI is InChI=1S/C13H28N2/c1-4-13(5-2)7-9-15(11-13)10-12(3)6-8-14/h12H,4-11,14H2,1-3H3. The number of nitrogens with two attached hydrogens (primary N) is 1. The summed E-state index contributed by atoms with van der Waals surface area (Å²) in [6, 6.07) is 0. The maximum Gasteiger partial charge on any atom is 0.00384 e. The van der Waals surface area contributed by atoms with E-state index in [1.54, 1.807) is 0 Å². The number of rotatable bonds is 6. The molecule has 1 aliphatic rings. The van der Waals surface area contributed by atoms with Crippen LogP contribution in [-0.4, -0.2) is 31.1 Å². The Kier molecular flexibility index (Phi) is 5.07. The average Bonchev–Trinajstić information content (AvgIpc) is 2.63. The molecule has 1 aliphatic heterocycles. The van der Waals surface area contributed by atoms with Crippen molar-refractivity contribution in [3.8, 4) is 0 Å². The second-order valence-corrected chi connectivity index (χ2v) is 5.37. The molecule has 0 bridgehead atoms. The first kappa shape index (κ1) is 13.0. The lowest BCUT2D eigenvalue weighted by atomic mass is 9.82. The molecule has 1 atom stereocenters. The number of hydrogen-bond acceptors (Lipinski definition) is 2. The molecule has 90 valence electrons. The van der Waals surface area contributed by atoms with E-state index in [0.717, 1.165) is 12.5 Å². The Labute approximate surface area is 95.2 Å². The van der Waals surface area contributed by atoms with E-state index >= 15 is 0 Å². The number of hydrogen-bond donors (Lipinski definition) is 1. The van der Waals surface area contributed by atoms with Crippen molar-refractivity contribution < 1.29 is 0 Å². The monoisotopic (exact) mass is 212 g/mol. The van der Waals surface area contributed by atoms with Crippen LogP contribution in [0, 0.1) is 11.3 Å². The average molecular weight is 212 g/mol. The van der Waals surface area contributed by atoms with Gasteiger partial charge in [0.05, 0.1) is 0 Å². The van der Waals surface area contributed by atoms with Crippen molar-refractivity contribution >= 4 is 0 Å². The Morgan fingerprint density at radius 1 is 1.33 bits per heavy atom. The molecule has 1 saturated heterocycles. The normalized spacial score (nSPS) is 23.2. The molecule has 0 aromatic carbocycles. The maximum atomic E-state index is 5.59. The third-order valence-electron chi connectivity index (χ3n) is 4.25. The highest BCUT2D eigenvalue weighted by molar-refractivity contribution is 4.88. The highest BCUT2D eigenvalue weighted by atomic mass is 15.2. The SMILES string of the molecule is CCC1(CC)CCN(CC(C)CCN)C1. The zero-order chi connectivity index (χ0) is 11.3. The molecule has 2 N–H and O–H groups in total. The van der Waals surface area contributed by atoms with E-state index in [-0.39, 0.29) is 0 Å². The quantitative estimate of drug-likeness (QED) is 0.733. The largest absolute Gasteiger partial charge is 0.330 e. The van der Waals surface area contributed by atoms with E-state index in [0.29, 0.717) is 5.41 Å². The molecule has 15 heavy (non-hydrogen) atoms. The molecule has 2 nitrogen and oxygen atoms in total. The van der Waals surface area contributed by atoms with Crippen LogP contribution >= 0.6 is 0 Å². The summed E-state index contributed by atoms with van der Waals surface area (Å²) in [7, 11) is 0. The lowest BCUT2D eigenvalue weighted by molar-refractivity contribution is 0.220. The first-order chi connectivity index (χ1) is 7.15. The molecule has 0 spiro atoms. The molecule has 0 aromatic heterocycles. The van der Waals surface area contributed by atoms with Gasteiger partial charge < -0.3 is 10.6 Å². The highest BCUT2D eigenvalue weighted by Crippen LogP contribution is 2.37. The third kappa shape index (κ3) is 3.46. The fourth-order valence-electron chi connectivity index (χ4n) is 2.83. The molecule has 0 aromatic rings. The van der Waals surface area contributed by atoms with Gasteiger partial charge in [0.15, 0.2) is 0 Å². The van der Waals surface area contributed by atoms with Gasteiger partial charge in [0.1, 0.15) is 0 Å². The van der Waals surface area contributed by atoms with Gasteiger partial charge in [0.2, 0.25) is 0 Å². The van der Waals surface area contributed by atoms with Gasteiger partial charge in [-0.05, 0) is 50.1 Å². The Morgan fingerprint density at radius 2 is 2.00 bits per heavy atom. The summed E-state index contributed by atoms with van der Waals surface area (Å²) in [6.45, 7) is 11.7. The van der Waals surface area contributed by atoms with E-state index in [4.69, 9.17) is 5.73 Å². The zero-order valence-corrected chi connectivity index (χ0v) is 10.8. The van der Waals surface area contributed by atoms with Gasteiger partial charge >= 0.3 is 0 Å². The van der Waals surface area contributed by atoms with Gasteiger partial charge in [-0.3, -0.25) is 0 Å². The Bertz CT molecular complexity index is 175. The maximum absolute atomic E-state index is 5.59. The van der Waals surface area contributed by atoms with Crippen molar-refractivity contribution in [1.82, 2.24) is 4.90 Å². The van der Waals surface area contributed by atoms with Gasteiger partial charge in [-0.15, -0.1) is 0 Å². The molecular formula is C13H28N2. The fraction of sp³-hybridized carbons (Fsp3) is 1.00. The van der Waals surface area contributed by atoms with Crippen LogP contribution in [0.15, 0.2) is 0 Å². The van der Waals surface area contributed by atoms with Gasteiger partial charge in [-0.25, -0.2) is 0 Å². The van der Waals surface area contributed by atoms with Crippen LogP contribution in [0.5, 0.6) is 0 Å². The summed E-state index contributed by atoms with van der Waals surface area (Å²) in [5.41, 5.74) is 6.22. The Morgan fingerprint density at radius 3 is 2.47 bits per heavy atom. The fourth-order valence-corrected chi connectivity index (χ4v) is 2.83. The Balaban J connectivity index is 2.35. The summed E-state index contributed by atoms with van der Waals surface area (Å²) in [5, 5.41) is 0. The van der Waals surface area contributed by atoms with Crippen molar-refractivity contribution in [3.63, 3.8) is 0 Å². The number of likely N-dealkylation sites (tertiary alicyclic amines) is 1. The lowest BCUT2D eigenvalue weighted by Crippen LogP contribution is -2.30. The number of nitrogens with zero attached hydrogens (tertiary/aromatic N) is 1. The Hall–Kier alpha value is -0.0800. The summed E-state index contributed by atoms with van der Waals surface area (Å²) >= 11 is 0. The minimum absolute atomic E-state index is 0.627. The minimum Gasteiger partial charge on any atom is -0.330 e. The van der Waals surface area contributed by atoms with Gasteiger partial charge in [-0.1, -0.05) is 20.8 Å². The first-order valence-electron chi connectivity index (χ1n) is 6.58. The molecule has 1 heterocycles. The lowest BCUT2D eigenvalue weighted by Gasteiger charge is -2.27.